The molecule has 14 heavy (non-hydrogen) atoms. The van der Waals surface area contributed by atoms with Gasteiger partial charge >= 0.3 is 0 Å². The Hall–Kier alpha value is -1.91. The average Bonchev–Trinajstić information content (AvgIpc) is 2.23. The van der Waals surface area contributed by atoms with Gasteiger partial charge in [-0.3, -0.25) is 19.7 Å². The normalized spacial score (nSPS) is 10.6. The molecule has 0 amide bonds. The molecule has 5 nitrogen and oxygen atoms in total. The molecule has 0 aliphatic carbocycles. The highest BCUT2D eigenvalue weighted by atomic mass is 16.2. The maximum atomic E-state index is 11.6. The van der Waals surface area contributed by atoms with Gasteiger partial charge in [-0.1, -0.05) is 0 Å². The molecule has 2 rings (SSSR count). The van der Waals surface area contributed by atoms with Crippen molar-refractivity contribution in [3.63, 3.8) is 0 Å². The largest absolute Gasteiger partial charge is 0.291 e. The van der Waals surface area contributed by atoms with Crippen molar-refractivity contribution in [2.75, 3.05) is 0 Å². The zero-order valence-electron chi connectivity index (χ0n) is 7.65. The lowest BCUT2D eigenvalue weighted by atomic mass is 10.3. The van der Waals surface area contributed by atoms with E-state index in [1.807, 2.05) is 0 Å². The molecule has 0 saturated carbocycles. The second-order valence-corrected chi connectivity index (χ2v) is 2.89. The number of aryl methyl sites for hydroxylation is 1. The lowest BCUT2D eigenvalue weighted by Crippen LogP contribution is -2.29. The molecular formula is C9H9N3O2. The molecule has 0 fully saturated rings. The predicted molar refractivity (Wildman–Crippen MR) is 52.3 cm³/mol. The first kappa shape index (κ1) is 8.68. The quantitative estimate of drug-likeness (QED) is 0.695. The van der Waals surface area contributed by atoms with Gasteiger partial charge in [-0.05, 0) is 19.1 Å². The van der Waals surface area contributed by atoms with Gasteiger partial charge in [0, 0.05) is 12.7 Å². The summed E-state index contributed by atoms with van der Waals surface area (Å²) in [6.45, 7) is 2.21. The van der Waals surface area contributed by atoms with E-state index in [9.17, 15) is 9.59 Å². The van der Waals surface area contributed by atoms with E-state index in [-0.39, 0.29) is 16.6 Å². The predicted octanol–water partition coefficient (Wildman–Crippen LogP) is 0.105. The molecule has 0 aliphatic rings. The smallest absolute Gasteiger partial charge is 0.267 e. The molecule has 0 radical (unpaired) electrons. The molecule has 0 bridgehead atoms. The van der Waals surface area contributed by atoms with Gasteiger partial charge in [-0.25, -0.2) is 4.68 Å². The van der Waals surface area contributed by atoms with E-state index in [2.05, 4.69) is 10.1 Å². The fourth-order valence-corrected chi connectivity index (χ4v) is 1.34. The second-order valence-electron chi connectivity index (χ2n) is 2.89. The zero-order chi connectivity index (χ0) is 10.1. The van der Waals surface area contributed by atoms with Crippen LogP contribution in [-0.4, -0.2) is 14.8 Å². The number of hydrogen-bond donors (Lipinski definition) is 1. The third-order valence-electron chi connectivity index (χ3n) is 2.05. The van der Waals surface area contributed by atoms with Crippen molar-refractivity contribution < 1.29 is 0 Å². The number of rotatable bonds is 1. The summed E-state index contributed by atoms with van der Waals surface area (Å²) in [5.74, 6) is 0. The van der Waals surface area contributed by atoms with Gasteiger partial charge in [0.05, 0.1) is 5.39 Å². The van der Waals surface area contributed by atoms with Crippen molar-refractivity contribution in [2.24, 2.45) is 0 Å². The Kier molecular flexibility index (Phi) is 1.92. The van der Waals surface area contributed by atoms with Crippen LogP contribution in [0.15, 0.2) is 27.9 Å². The van der Waals surface area contributed by atoms with E-state index >= 15 is 0 Å². The van der Waals surface area contributed by atoms with E-state index in [0.717, 1.165) is 0 Å². The Bertz CT molecular complexity index is 582. The monoisotopic (exact) mass is 191 g/mol. The van der Waals surface area contributed by atoms with Crippen molar-refractivity contribution in [1.82, 2.24) is 14.8 Å². The third kappa shape index (κ3) is 1.14. The average molecular weight is 191 g/mol. The summed E-state index contributed by atoms with van der Waals surface area (Å²) in [4.78, 5) is 27.0. The standard InChI is InChI=1S/C9H9N3O2/c1-2-12-9(14)7-6(8(13)11-12)4-3-5-10-7/h3-5H,2H2,1H3,(H,11,13). The van der Waals surface area contributed by atoms with Crippen LogP contribution in [-0.2, 0) is 6.54 Å². The fourth-order valence-electron chi connectivity index (χ4n) is 1.34. The maximum absolute atomic E-state index is 11.6. The summed E-state index contributed by atoms with van der Waals surface area (Å²) in [6.07, 6.45) is 1.50. The molecule has 0 saturated heterocycles. The van der Waals surface area contributed by atoms with Crippen LogP contribution in [0.4, 0.5) is 0 Å². The summed E-state index contributed by atoms with van der Waals surface area (Å²) in [6, 6.07) is 3.22. The van der Waals surface area contributed by atoms with Crippen LogP contribution < -0.4 is 11.1 Å². The number of aromatic amines is 1. The zero-order valence-corrected chi connectivity index (χ0v) is 7.65. The maximum Gasteiger partial charge on any atom is 0.291 e. The molecule has 2 heterocycles. The van der Waals surface area contributed by atoms with E-state index in [0.29, 0.717) is 11.9 Å². The number of H-pyrrole nitrogens is 1. The Balaban J connectivity index is 3.03. The van der Waals surface area contributed by atoms with Crippen LogP contribution in [0.5, 0.6) is 0 Å². The molecule has 0 spiro atoms. The van der Waals surface area contributed by atoms with Crippen LogP contribution in [0.2, 0.25) is 0 Å². The molecule has 0 unspecified atom stereocenters. The SMILES string of the molecule is CCn1[nH]c(=O)c2cccnc2c1=O. The summed E-state index contributed by atoms with van der Waals surface area (Å²) >= 11 is 0. The molecule has 5 heteroatoms. The molecular weight excluding hydrogens is 182 g/mol. The summed E-state index contributed by atoms with van der Waals surface area (Å²) in [7, 11) is 0. The van der Waals surface area contributed by atoms with Crippen LogP contribution in [0.25, 0.3) is 10.9 Å². The fraction of sp³-hybridized carbons (Fsp3) is 0.222. The lowest BCUT2D eigenvalue weighted by Gasteiger charge is -2.01. The lowest BCUT2D eigenvalue weighted by molar-refractivity contribution is 0.612. The minimum absolute atomic E-state index is 0.220. The first-order valence-corrected chi connectivity index (χ1v) is 4.32. The van der Waals surface area contributed by atoms with Gasteiger partial charge in [0.2, 0.25) is 0 Å². The number of nitrogens with zero attached hydrogens (tertiary/aromatic N) is 2. The number of aromatic nitrogens is 3. The van der Waals surface area contributed by atoms with Crippen LogP contribution in [0.3, 0.4) is 0 Å². The van der Waals surface area contributed by atoms with Crippen molar-refractivity contribution in [3.8, 4) is 0 Å². The topological polar surface area (TPSA) is 67.8 Å². The third-order valence-corrected chi connectivity index (χ3v) is 2.05. The molecule has 2 aromatic heterocycles. The van der Waals surface area contributed by atoms with Crippen LogP contribution in [0, 0.1) is 0 Å². The van der Waals surface area contributed by atoms with Crippen molar-refractivity contribution >= 4 is 10.9 Å². The molecule has 1 N–H and O–H groups in total. The highest BCUT2D eigenvalue weighted by Crippen LogP contribution is 1.97. The van der Waals surface area contributed by atoms with Crippen molar-refractivity contribution in [3.05, 3.63) is 39.0 Å². The molecule has 72 valence electrons. The number of hydrogen-bond acceptors (Lipinski definition) is 3. The Morgan fingerprint density at radius 1 is 1.50 bits per heavy atom. The first-order valence-electron chi connectivity index (χ1n) is 4.32. The van der Waals surface area contributed by atoms with Gasteiger partial charge in [0.1, 0.15) is 5.52 Å². The highest BCUT2D eigenvalue weighted by molar-refractivity contribution is 5.75. The highest BCUT2D eigenvalue weighted by Gasteiger charge is 2.05. The molecule has 0 aromatic carbocycles. The second kappa shape index (κ2) is 3.10. The van der Waals surface area contributed by atoms with Gasteiger partial charge in [0.15, 0.2) is 0 Å². The Labute approximate surface area is 79.0 Å². The van der Waals surface area contributed by atoms with E-state index in [1.165, 1.54) is 10.9 Å². The minimum Gasteiger partial charge on any atom is -0.267 e. The van der Waals surface area contributed by atoms with E-state index in [1.54, 1.807) is 19.1 Å². The van der Waals surface area contributed by atoms with Crippen molar-refractivity contribution in [2.45, 2.75) is 13.5 Å². The van der Waals surface area contributed by atoms with Crippen molar-refractivity contribution in [1.29, 1.82) is 0 Å². The van der Waals surface area contributed by atoms with E-state index < -0.39 is 0 Å². The molecule has 0 atom stereocenters. The molecule has 0 aliphatic heterocycles. The summed E-state index contributed by atoms with van der Waals surface area (Å²) in [5.41, 5.74) is -0.324. The van der Waals surface area contributed by atoms with E-state index in [4.69, 9.17) is 0 Å². The summed E-state index contributed by atoms with van der Waals surface area (Å²) in [5, 5.41) is 2.81. The minimum atomic E-state index is -0.283. The van der Waals surface area contributed by atoms with Gasteiger partial charge in [0.25, 0.3) is 11.1 Å². The Morgan fingerprint density at radius 2 is 2.29 bits per heavy atom. The summed E-state index contributed by atoms with van der Waals surface area (Å²) < 4.78 is 1.25. The molecule has 2 aromatic rings. The number of fused-ring (bicyclic) bond motifs is 1. The van der Waals surface area contributed by atoms with Crippen LogP contribution >= 0.6 is 0 Å². The van der Waals surface area contributed by atoms with Gasteiger partial charge in [-0.15, -0.1) is 0 Å². The van der Waals surface area contributed by atoms with Gasteiger partial charge < -0.3 is 0 Å². The first-order chi connectivity index (χ1) is 6.74. The Morgan fingerprint density at radius 3 is 3.00 bits per heavy atom. The number of nitrogens with one attached hydrogen (secondary N) is 1. The van der Waals surface area contributed by atoms with Crippen LogP contribution in [0.1, 0.15) is 6.92 Å². The number of pyridine rings is 1. The van der Waals surface area contributed by atoms with Gasteiger partial charge in [-0.2, -0.15) is 0 Å².